The first kappa shape index (κ1) is 8.97. The standard InChI is InChI=1S/C9H16N2O2/c1-10-3-4-11-7(6-10)5-8(13-2)9(11)12/h7-8H,3-6H2,1-2H3. The normalized spacial score (nSPS) is 35.2. The molecular formula is C9H16N2O2. The molecule has 4 heteroatoms. The third kappa shape index (κ3) is 1.44. The molecule has 2 atom stereocenters. The Hall–Kier alpha value is -0.610. The van der Waals surface area contributed by atoms with Crippen LogP contribution < -0.4 is 0 Å². The van der Waals surface area contributed by atoms with Crippen molar-refractivity contribution in [1.82, 2.24) is 9.80 Å². The predicted octanol–water partition coefficient (Wildman–Crippen LogP) is -0.452. The Morgan fingerprint density at radius 2 is 2.23 bits per heavy atom. The van der Waals surface area contributed by atoms with Gasteiger partial charge >= 0.3 is 0 Å². The van der Waals surface area contributed by atoms with E-state index in [-0.39, 0.29) is 12.0 Å². The number of fused-ring (bicyclic) bond motifs is 1. The highest BCUT2D eigenvalue weighted by molar-refractivity contribution is 5.83. The number of carbonyl (C=O) groups excluding carboxylic acids is 1. The van der Waals surface area contributed by atoms with Crippen molar-refractivity contribution in [2.24, 2.45) is 0 Å². The smallest absolute Gasteiger partial charge is 0.252 e. The molecule has 2 fully saturated rings. The van der Waals surface area contributed by atoms with E-state index in [4.69, 9.17) is 4.74 Å². The second-order valence-electron chi connectivity index (χ2n) is 3.91. The summed E-state index contributed by atoms with van der Waals surface area (Å²) in [7, 11) is 3.71. The highest BCUT2D eigenvalue weighted by Gasteiger charge is 2.41. The van der Waals surface area contributed by atoms with Crippen molar-refractivity contribution < 1.29 is 9.53 Å². The van der Waals surface area contributed by atoms with E-state index in [0.717, 1.165) is 26.1 Å². The van der Waals surface area contributed by atoms with Gasteiger partial charge in [-0.05, 0) is 7.05 Å². The molecule has 2 saturated heterocycles. The number of ether oxygens (including phenoxy) is 1. The van der Waals surface area contributed by atoms with E-state index < -0.39 is 0 Å². The van der Waals surface area contributed by atoms with Crippen LogP contribution in [0.5, 0.6) is 0 Å². The van der Waals surface area contributed by atoms with Gasteiger partial charge in [0.15, 0.2) is 0 Å². The summed E-state index contributed by atoms with van der Waals surface area (Å²) >= 11 is 0. The van der Waals surface area contributed by atoms with Crippen molar-refractivity contribution in [3.63, 3.8) is 0 Å². The van der Waals surface area contributed by atoms with Gasteiger partial charge in [-0.15, -0.1) is 0 Å². The first-order chi connectivity index (χ1) is 6.22. The predicted molar refractivity (Wildman–Crippen MR) is 48.4 cm³/mol. The molecule has 1 amide bonds. The summed E-state index contributed by atoms with van der Waals surface area (Å²) < 4.78 is 5.14. The highest BCUT2D eigenvalue weighted by atomic mass is 16.5. The maximum absolute atomic E-state index is 11.7. The van der Waals surface area contributed by atoms with Crippen LogP contribution in [-0.4, -0.2) is 61.6 Å². The average Bonchev–Trinajstić information content (AvgIpc) is 2.42. The van der Waals surface area contributed by atoms with Crippen LogP contribution in [0.3, 0.4) is 0 Å². The van der Waals surface area contributed by atoms with Crippen LogP contribution in [0, 0.1) is 0 Å². The number of likely N-dealkylation sites (N-methyl/N-ethyl adjacent to an activating group) is 1. The minimum atomic E-state index is -0.184. The third-order valence-electron chi connectivity index (χ3n) is 3.02. The number of amides is 1. The molecular weight excluding hydrogens is 168 g/mol. The monoisotopic (exact) mass is 184 g/mol. The first-order valence-electron chi connectivity index (χ1n) is 4.74. The molecule has 0 aromatic rings. The second-order valence-corrected chi connectivity index (χ2v) is 3.91. The Morgan fingerprint density at radius 1 is 1.46 bits per heavy atom. The number of rotatable bonds is 1. The molecule has 2 aliphatic rings. The summed E-state index contributed by atoms with van der Waals surface area (Å²) in [4.78, 5) is 15.9. The van der Waals surface area contributed by atoms with E-state index in [0.29, 0.717) is 6.04 Å². The number of hydrogen-bond donors (Lipinski definition) is 0. The molecule has 0 saturated carbocycles. The van der Waals surface area contributed by atoms with E-state index in [1.807, 2.05) is 4.90 Å². The molecule has 2 aliphatic heterocycles. The van der Waals surface area contributed by atoms with Crippen LogP contribution in [0.1, 0.15) is 6.42 Å². The van der Waals surface area contributed by atoms with Crippen molar-refractivity contribution in [2.75, 3.05) is 33.8 Å². The van der Waals surface area contributed by atoms with Gasteiger partial charge in [0, 0.05) is 39.2 Å². The Labute approximate surface area is 78.4 Å². The summed E-state index contributed by atoms with van der Waals surface area (Å²) in [6, 6.07) is 0.385. The molecule has 2 unspecified atom stereocenters. The van der Waals surface area contributed by atoms with E-state index in [2.05, 4.69) is 11.9 Å². The summed E-state index contributed by atoms with van der Waals surface area (Å²) in [5.74, 6) is 0.181. The highest BCUT2D eigenvalue weighted by Crippen LogP contribution is 2.24. The molecule has 2 heterocycles. The Morgan fingerprint density at radius 3 is 2.92 bits per heavy atom. The van der Waals surface area contributed by atoms with Gasteiger partial charge in [-0.25, -0.2) is 0 Å². The lowest BCUT2D eigenvalue weighted by molar-refractivity contribution is -0.137. The molecule has 0 bridgehead atoms. The summed E-state index contributed by atoms with van der Waals surface area (Å²) in [5, 5.41) is 0. The van der Waals surface area contributed by atoms with Crippen LogP contribution in [-0.2, 0) is 9.53 Å². The zero-order valence-corrected chi connectivity index (χ0v) is 8.19. The van der Waals surface area contributed by atoms with Crippen LogP contribution >= 0.6 is 0 Å². The van der Waals surface area contributed by atoms with Gasteiger partial charge in [-0.1, -0.05) is 0 Å². The van der Waals surface area contributed by atoms with Crippen molar-refractivity contribution in [3.05, 3.63) is 0 Å². The maximum atomic E-state index is 11.7. The summed E-state index contributed by atoms with van der Waals surface area (Å²) in [6.07, 6.45) is 0.677. The maximum Gasteiger partial charge on any atom is 0.252 e. The van der Waals surface area contributed by atoms with Gasteiger partial charge in [-0.2, -0.15) is 0 Å². The quantitative estimate of drug-likeness (QED) is 0.553. The van der Waals surface area contributed by atoms with Crippen molar-refractivity contribution in [3.8, 4) is 0 Å². The van der Waals surface area contributed by atoms with E-state index in [9.17, 15) is 4.79 Å². The number of piperazine rings is 1. The minimum absolute atomic E-state index is 0.181. The number of nitrogens with zero attached hydrogens (tertiary/aromatic N) is 2. The summed E-state index contributed by atoms with van der Waals surface area (Å²) in [5.41, 5.74) is 0. The fourth-order valence-electron chi connectivity index (χ4n) is 2.23. The SMILES string of the molecule is COC1CC2CN(C)CCN2C1=O. The molecule has 0 radical (unpaired) electrons. The molecule has 4 nitrogen and oxygen atoms in total. The van der Waals surface area contributed by atoms with Gasteiger partial charge in [0.25, 0.3) is 5.91 Å². The minimum Gasteiger partial charge on any atom is -0.372 e. The Bertz CT molecular complexity index is 220. The lowest BCUT2D eigenvalue weighted by Gasteiger charge is -2.35. The zero-order chi connectivity index (χ0) is 9.42. The number of hydrogen-bond acceptors (Lipinski definition) is 3. The Balaban J connectivity index is 2.07. The molecule has 0 aromatic carbocycles. The Kier molecular flexibility index (Phi) is 2.26. The van der Waals surface area contributed by atoms with Gasteiger partial charge in [0.2, 0.25) is 0 Å². The van der Waals surface area contributed by atoms with Crippen molar-refractivity contribution in [1.29, 1.82) is 0 Å². The largest absolute Gasteiger partial charge is 0.372 e. The molecule has 0 aliphatic carbocycles. The fourth-order valence-corrected chi connectivity index (χ4v) is 2.23. The fraction of sp³-hybridized carbons (Fsp3) is 0.889. The number of carbonyl (C=O) groups is 1. The van der Waals surface area contributed by atoms with Gasteiger partial charge in [-0.3, -0.25) is 4.79 Å². The topological polar surface area (TPSA) is 32.8 Å². The third-order valence-corrected chi connectivity index (χ3v) is 3.02. The van der Waals surface area contributed by atoms with E-state index in [1.54, 1.807) is 7.11 Å². The zero-order valence-electron chi connectivity index (χ0n) is 8.19. The van der Waals surface area contributed by atoms with Crippen LogP contribution in [0.2, 0.25) is 0 Å². The van der Waals surface area contributed by atoms with E-state index in [1.165, 1.54) is 0 Å². The molecule has 74 valence electrons. The molecule has 0 spiro atoms. The molecule has 0 N–H and O–H groups in total. The average molecular weight is 184 g/mol. The first-order valence-corrected chi connectivity index (χ1v) is 4.74. The van der Waals surface area contributed by atoms with Crippen LogP contribution in [0.25, 0.3) is 0 Å². The van der Waals surface area contributed by atoms with Gasteiger partial charge in [0.05, 0.1) is 0 Å². The number of methoxy groups -OCH3 is 1. The van der Waals surface area contributed by atoms with Crippen LogP contribution in [0.4, 0.5) is 0 Å². The van der Waals surface area contributed by atoms with Crippen molar-refractivity contribution in [2.45, 2.75) is 18.6 Å². The second kappa shape index (κ2) is 3.27. The lowest BCUT2D eigenvalue weighted by Crippen LogP contribution is -2.50. The van der Waals surface area contributed by atoms with E-state index >= 15 is 0 Å². The molecule has 0 aromatic heterocycles. The lowest BCUT2D eigenvalue weighted by atomic mass is 10.1. The molecule has 13 heavy (non-hydrogen) atoms. The van der Waals surface area contributed by atoms with Crippen LogP contribution in [0.15, 0.2) is 0 Å². The van der Waals surface area contributed by atoms with Gasteiger partial charge in [0.1, 0.15) is 6.10 Å². The molecule has 2 rings (SSSR count). The summed E-state index contributed by atoms with van der Waals surface area (Å²) in [6.45, 7) is 2.84. The van der Waals surface area contributed by atoms with Gasteiger partial charge < -0.3 is 14.5 Å². The van der Waals surface area contributed by atoms with Crippen molar-refractivity contribution >= 4 is 5.91 Å².